The highest BCUT2D eigenvalue weighted by molar-refractivity contribution is 7.14. The zero-order chi connectivity index (χ0) is 14.7. The van der Waals surface area contributed by atoms with Gasteiger partial charge in [0.2, 0.25) is 0 Å². The highest BCUT2D eigenvalue weighted by atomic mass is 32.1. The highest BCUT2D eigenvalue weighted by Crippen LogP contribution is 2.34. The van der Waals surface area contributed by atoms with Crippen LogP contribution in [-0.2, 0) is 12.8 Å². The fraction of sp³-hybridized carbons (Fsp3) is 0.444. The molecule has 0 saturated carbocycles. The summed E-state index contributed by atoms with van der Waals surface area (Å²) in [5.74, 6) is 1.06. The molecule has 1 aliphatic rings. The van der Waals surface area contributed by atoms with Gasteiger partial charge in [-0.3, -0.25) is 0 Å². The molecule has 0 fully saturated rings. The average molecular weight is 301 g/mol. The van der Waals surface area contributed by atoms with Crippen LogP contribution < -0.4 is 9.64 Å². The molecule has 1 aromatic heterocycles. The summed E-state index contributed by atoms with van der Waals surface area (Å²) < 4.78 is 5.52. The van der Waals surface area contributed by atoms with Crippen molar-refractivity contribution in [2.45, 2.75) is 38.6 Å². The number of fused-ring (bicyclic) bond motifs is 1. The van der Waals surface area contributed by atoms with Crippen LogP contribution in [0, 0.1) is 0 Å². The second-order valence-corrected chi connectivity index (χ2v) is 6.57. The van der Waals surface area contributed by atoms with Gasteiger partial charge in [-0.2, -0.15) is 0 Å². The average Bonchev–Trinajstić information content (AvgIpc) is 3.05. The first-order valence-electron chi connectivity index (χ1n) is 7.78. The topological polar surface area (TPSA) is 12.5 Å². The predicted molar refractivity (Wildman–Crippen MR) is 90.8 cm³/mol. The van der Waals surface area contributed by atoms with Crippen LogP contribution in [0.25, 0.3) is 0 Å². The van der Waals surface area contributed by atoms with E-state index in [1.165, 1.54) is 29.0 Å². The largest absolute Gasteiger partial charge is 0.496 e. The van der Waals surface area contributed by atoms with Gasteiger partial charge in [0.1, 0.15) is 5.75 Å². The first-order valence-corrected chi connectivity index (χ1v) is 8.66. The summed E-state index contributed by atoms with van der Waals surface area (Å²) in [6, 6.07) is 11.5. The van der Waals surface area contributed by atoms with Crippen molar-refractivity contribution in [3.8, 4) is 5.75 Å². The Morgan fingerprint density at radius 1 is 1.29 bits per heavy atom. The molecule has 1 atom stereocenters. The van der Waals surface area contributed by atoms with E-state index in [2.05, 4.69) is 47.5 Å². The molecule has 2 nitrogen and oxygen atoms in total. The number of thiophene rings is 1. The van der Waals surface area contributed by atoms with Gasteiger partial charge in [0, 0.05) is 12.6 Å². The van der Waals surface area contributed by atoms with Gasteiger partial charge in [0.15, 0.2) is 0 Å². The normalized spacial score (nSPS) is 17.3. The molecule has 112 valence electrons. The number of methoxy groups -OCH3 is 1. The van der Waals surface area contributed by atoms with Crippen molar-refractivity contribution in [1.29, 1.82) is 0 Å². The maximum Gasteiger partial charge on any atom is 0.122 e. The molecule has 0 N–H and O–H groups in total. The van der Waals surface area contributed by atoms with Crippen molar-refractivity contribution in [2.24, 2.45) is 0 Å². The maximum absolute atomic E-state index is 5.52. The quantitative estimate of drug-likeness (QED) is 0.804. The van der Waals surface area contributed by atoms with Gasteiger partial charge in [-0.15, -0.1) is 11.3 Å². The first kappa shape index (κ1) is 14.5. The summed E-state index contributed by atoms with van der Waals surface area (Å²) in [5, 5.41) is 3.59. The SMILES string of the molecule is CCCN(c1cccs1)[C@@H]1CCc2c(cccc2OC)C1. The zero-order valence-corrected chi connectivity index (χ0v) is 13.7. The molecule has 21 heavy (non-hydrogen) atoms. The maximum atomic E-state index is 5.52. The third-order valence-corrected chi connectivity index (χ3v) is 5.23. The number of ether oxygens (including phenoxy) is 1. The highest BCUT2D eigenvalue weighted by Gasteiger charge is 2.26. The third-order valence-electron chi connectivity index (χ3n) is 4.33. The van der Waals surface area contributed by atoms with Crippen LogP contribution in [0.3, 0.4) is 0 Å². The molecule has 0 spiro atoms. The number of hydrogen-bond donors (Lipinski definition) is 0. The summed E-state index contributed by atoms with van der Waals surface area (Å²) in [7, 11) is 1.77. The molecule has 0 amide bonds. The number of hydrogen-bond acceptors (Lipinski definition) is 3. The Bertz CT molecular complexity index is 579. The fourth-order valence-corrected chi connectivity index (χ4v) is 4.19. The van der Waals surface area contributed by atoms with E-state index in [1.807, 2.05) is 11.3 Å². The van der Waals surface area contributed by atoms with Crippen molar-refractivity contribution < 1.29 is 4.74 Å². The molecule has 0 saturated heterocycles. The Kier molecular flexibility index (Phi) is 4.49. The van der Waals surface area contributed by atoms with E-state index in [-0.39, 0.29) is 0 Å². The van der Waals surface area contributed by atoms with Gasteiger partial charge in [0.25, 0.3) is 0 Å². The van der Waals surface area contributed by atoms with Crippen LogP contribution in [0.5, 0.6) is 5.75 Å². The van der Waals surface area contributed by atoms with Crippen molar-refractivity contribution in [3.63, 3.8) is 0 Å². The van der Waals surface area contributed by atoms with Crippen LogP contribution in [0.15, 0.2) is 35.7 Å². The second kappa shape index (κ2) is 6.52. The Morgan fingerprint density at radius 3 is 2.90 bits per heavy atom. The molecule has 0 unspecified atom stereocenters. The Balaban J connectivity index is 1.84. The molecule has 1 aromatic carbocycles. The van der Waals surface area contributed by atoms with Crippen LogP contribution in [-0.4, -0.2) is 19.7 Å². The molecular weight excluding hydrogens is 278 g/mol. The lowest BCUT2D eigenvalue weighted by atomic mass is 9.87. The van der Waals surface area contributed by atoms with Gasteiger partial charge in [0.05, 0.1) is 12.1 Å². The summed E-state index contributed by atoms with van der Waals surface area (Å²) in [6.07, 6.45) is 4.66. The number of anilines is 1. The number of nitrogens with zero attached hydrogens (tertiary/aromatic N) is 1. The van der Waals surface area contributed by atoms with Gasteiger partial charge in [-0.05, 0) is 60.4 Å². The van der Waals surface area contributed by atoms with E-state index >= 15 is 0 Å². The molecule has 3 rings (SSSR count). The van der Waals surface area contributed by atoms with E-state index in [0.717, 1.165) is 25.1 Å². The van der Waals surface area contributed by atoms with Crippen molar-refractivity contribution in [3.05, 3.63) is 46.8 Å². The van der Waals surface area contributed by atoms with Crippen molar-refractivity contribution in [2.75, 3.05) is 18.6 Å². The van der Waals surface area contributed by atoms with Crippen molar-refractivity contribution in [1.82, 2.24) is 0 Å². The lowest BCUT2D eigenvalue weighted by Gasteiger charge is -2.36. The first-order chi connectivity index (χ1) is 10.3. The predicted octanol–water partition coefficient (Wildman–Crippen LogP) is 4.53. The lowest BCUT2D eigenvalue weighted by Crippen LogP contribution is -2.39. The molecule has 0 radical (unpaired) electrons. The lowest BCUT2D eigenvalue weighted by molar-refractivity contribution is 0.402. The Morgan fingerprint density at radius 2 is 2.19 bits per heavy atom. The zero-order valence-electron chi connectivity index (χ0n) is 12.8. The van der Waals surface area contributed by atoms with Crippen molar-refractivity contribution >= 4 is 16.3 Å². The van der Waals surface area contributed by atoms with E-state index in [9.17, 15) is 0 Å². The minimum absolute atomic E-state index is 0.614. The smallest absolute Gasteiger partial charge is 0.122 e. The van der Waals surface area contributed by atoms with E-state index < -0.39 is 0 Å². The summed E-state index contributed by atoms with van der Waals surface area (Å²) in [4.78, 5) is 2.60. The second-order valence-electron chi connectivity index (χ2n) is 5.64. The van der Waals surface area contributed by atoms with Crippen LogP contribution >= 0.6 is 11.3 Å². The van der Waals surface area contributed by atoms with E-state index in [4.69, 9.17) is 4.74 Å². The van der Waals surface area contributed by atoms with Crippen LogP contribution in [0.2, 0.25) is 0 Å². The Hall–Kier alpha value is -1.48. The minimum Gasteiger partial charge on any atom is -0.496 e. The molecular formula is C18H23NOS. The molecule has 1 heterocycles. The fourth-order valence-electron chi connectivity index (χ4n) is 3.36. The van der Waals surface area contributed by atoms with Gasteiger partial charge >= 0.3 is 0 Å². The third kappa shape index (κ3) is 2.93. The number of benzene rings is 1. The monoisotopic (exact) mass is 301 g/mol. The molecule has 0 aliphatic heterocycles. The molecule has 3 heteroatoms. The summed E-state index contributed by atoms with van der Waals surface area (Å²) >= 11 is 1.85. The standard InChI is InChI=1S/C18H23NOS/c1-3-11-19(18-8-5-12-21-18)15-9-10-16-14(13-15)6-4-7-17(16)20-2/h4-8,12,15H,3,9-11,13H2,1-2H3/t15-/m1/s1. The van der Waals surface area contributed by atoms with Crippen LogP contribution in [0.1, 0.15) is 30.9 Å². The number of rotatable bonds is 5. The van der Waals surface area contributed by atoms with E-state index in [0.29, 0.717) is 6.04 Å². The van der Waals surface area contributed by atoms with Crippen LogP contribution in [0.4, 0.5) is 5.00 Å². The summed E-state index contributed by atoms with van der Waals surface area (Å²) in [5.41, 5.74) is 2.88. The minimum atomic E-state index is 0.614. The molecule has 1 aliphatic carbocycles. The van der Waals surface area contributed by atoms with Gasteiger partial charge in [-0.25, -0.2) is 0 Å². The summed E-state index contributed by atoms with van der Waals surface area (Å²) in [6.45, 7) is 3.41. The van der Waals surface area contributed by atoms with Gasteiger partial charge < -0.3 is 9.64 Å². The van der Waals surface area contributed by atoms with E-state index in [1.54, 1.807) is 7.11 Å². The molecule has 2 aromatic rings. The Labute approximate surface area is 131 Å². The van der Waals surface area contributed by atoms with Gasteiger partial charge in [-0.1, -0.05) is 19.1 Å². The molecule has 0 bridgehead atoms.